The summed E-state index contributed by atoms with van der Waals surface area (Å²) in [6.45, 7) is 0.366. The highest BCUT2D eigenvalue weighted by atomic mass is 19.1. The Labute approximate surface area is 139 Å². The zero-order chi connectivity index (χ0) is 17.5. The molecule has 1 amide bonds. The first kappa shape index (κ1) is 18.0. The summed E-state index contributed by atoms with van der Waals surface area (Å²) < 4.78 is 31.9. The predicted octanol–water partition coefficient (Wildman–Crippen LogP) is 2.61. The summed E-state index contributed by atoms with van der Waals surface area (Å²) >= 11 is 0. The van der Waals surface area contributed by atoms with E-state index in [1.54, 1.807) is 0 Å². The quantitative estimate of drug-likeness (QED) is 0.846. The number of carbonyl (C=O) groups excluding carboxylic acids is 1. The average Bonchev–Trinajstić information content (AvgIpc) is 2.55. The van der Waals surface area contributed by atoms with Crippen molar-refractivity contribution in [2.24, 2.45) is 0 Å². The third kappa shape index (κ3) is 5.11. The van der Waals surface area contributed by atoms with Crippen LogP contribution in [0.15, 0.2) is 48.5 Å². The molecule has 128 valence electrons. The van der Waals surface area contributed by atoms with Gasteiger partial charge in [0.15, 0.2) is 0 Å². The molecule has 0 saturated carbocycles. The van der Waals surface area contributed by atoms with Crippen molar-refractivity contribution in [3.05, 3.63) is 71.3 Å². The van der Waals surface area contributed by atoms with Gasteiger partial charge in [-0.3, -0.25) is 4.79 Å². The monoisotopic (exact) mass is 335 g/mol. The Hall–Kier alpha value is -2.31. The number of aliphatic hydroxyl groups is 1. The average molecular weight is 335 g/mol. The van der Waals surface area contributed by atoms with E-state index in [2.05, 4.69) is 0 Å². The lowest BCUT2D eigenvalue weighted by atomic mass is 10.1. The predicted molar refractivity (Wildman–Crippen MR) is 85.4 cm³/mol. The van der Waals surface area contributed by atoms with E-state index in [-0.39, 0.29) is 18.7 Å². The maximum absolute atomic E-state index is 13.6. The molecule has 1 atom stereocenters. The van der Waals surface area contributed by atoms with Gasteiger partial charge in [-0.25, -0.2) is 8.78 Å². The van der Waals surface area contributed by atoms with E-state index in [0.717, 1.165) is 17.7 Å². The van der Waals surface area contributed by atoms with Gasteiger partial charge < -0.3 is 14.7 Å². The van der Waals surface area contributed by atoms with Crippen LogP contribution in [0.3, 0.4) is 0 Å². The lowest BCUT2D eigenvalue weighted by molar-refractivity contribution is 0.0136. The highest BCUT2D eigenvalue weighted by molar-refractivity contribution is 5.94. The third-order valence-electron chi connectivity index (χ3n) is 3.41. The van der Waals surface area contributed by atoms with E-state index in [1.807, 2.05) is 30.3 Å². The summed E-state index contributed by atoms with van der Waals surface area (Å²) in [7, 11) is 1.44. The molecular weight excluding hydrogens is 316 g/mol. The molecule has 0 heterocycles. The van der Waals surface area contributed by atoms with Crippen molar-refractivity contribution < 1.29 is 23.4 Å². The van der Waals surface area contributed by atoms with Crippen molar-refractivity contribution in [1.82, 2.24) is 4.90 Å². The number of aliphatic hydroxyl groups excluding tert-OH is 1. The molecule has 24 heavy (non-hydrogen) atoms. The van der Waals surface area contributed by atoms with Crippen LogP contribution in [0.4, 0.5) is 8.78 Å². The molecule has 2 rings (SSSR count). The van der Waals surface area contributed by atoms with Crippen LogP contribution in [-0.4, -0.2) is 42.2 Å². The molecule has 0 radical (unpaired) electrons. The van der Waals surface area contributed by atoms with Crippen molar-refractivity contribution in [3.63, 3.8) is 0 Å². The molecule has 1 unspecified atom stereocenters. The van der Waals surface area contributed by atoms with Crippen LogP contribution >= 0.6 is 0 Å². The number of ether oxygens (including phenoxy) is 1. The molecule has 0 saturated heterocycles. The highest BCUT2D eigenvalue weighted by Crippen LogP contribution is 2.12. The van der Waals surface area contributed by atoms with E-state index in [9.17, 15) is 18.7 Å². The van der Waals surface area contributed by atoms with Gasteiger partial charge in [0, 0.05) is 19.7 Å². The number of carbonyl (C=O) groups is 1. The molecule has 2 aromatic carbocycles. The van der Waals surface area contributed by atoms with Crippen molar-refractivity contribution in [3.8, 4) is 0 Å². The van der Waals surface area contributed by atoms with E-state index in [4.69, 9.17) is 4.74 Å². The fourth-order valence-corrected chi connectivity index (χ4v) is 2.21. The van der Waals surface area contributed by atoms with Crippen LogP contribution in [0.5, 0.6) is 0 Å². The van der Waals surface area contributed by atoms with E-state index in [0.29, 0.717) is 12.7 Å². The zero-order valence-corrected chi connectivity index (χ0v) is 13.3. The number of rotatable bonds is 7. The molecular formula is C18H19F2NO3. The van der Waals surface area contributed by atoms with Gasteiger partial charge in [-0.1, -0.05) is 30.3 Å². The minimum atomic E-state index is -0.929. The fraction of sp³-hybridized carbons (Fsp3) is 0.278. The fourth-order valence-electron chi connectivity index (χ4n) is 2.21. The van der Waals surface area contributed by atoms with Gasteiger partial charge in [-0.15, -0.1) is 0 Å². The Kier molecular flexibility index (Phi) is 6.40. The Morgan fingerprint density at radius 2 is 1.92 bits per heavy atom. The van der Waals surface area contributed by atoms with Gasteiger partial charge in [-0.05, 0) is 17.7 Å². The molecule has 0 aliphatic rings. The molecule has 0 aliphatic carbocycles. The minimum absolute atomic E-state index is 0.0234. The van der Waals surface area contributed by atoms with Crippen LogP contribution in [0.2, 0.25) is 0 Å². The molecule has 2 aromatic rings. The molecule has 0 aromatic heterocycles. The summed E-state index contributed by atoms with van der Waals surface area (Å²) in [5, 5.41) is 9.93. The van der Waals surface area contributed by atoms with Gasteiger partial charge in [0.05, 0.1) is 24.9 Å². The molecule has 1 N–H and O–H groups in total. The number of nitrogens with zero attached hydrogens (tertiary/aromatic N) is 1. The number of likely N-dealkylation sites (N-methyl/N-ethyl adjacent to an activating group) is 1. The smallest absolute Gasteiger partial charge is 0.256 e. The maximum atomic E-state index is 13.6. The van der Waals surface area contributed by atoms with E-state index >= 15 is 0 Å². The normalized spacial score (nSPS) is 12.0. The molecule has 0 fully saturated rings. The second kappa shape index (κ2) is 8.52. The van der Waals surface area contributed by atoms with E-state index < -0.39 is 23.6 Å². The highest BCUT2D eigenvalue weighted by Gasteiger charge is 2.19. The summed E-state index contributed by atoms with van der Waals surface area (Å²) in [5.74, 6) is -2.31. The standard InChI is InChI=1S/C18H19F2NO3/c1-21(18(23)16-8-7-14(19)9-17(16)20)10-15(22)12-24-11-13-5-3-2-4-6-13/h2-9,15,22H,10-12H2,1H3. The van der Waals surface area contributed by atoms with Gasteiger partial charge >= 0.3 is 0 Å². The number of halogens is 2. The van der Waals surface area contributed by atoms with Crippen LogP contribution < -0.4 is 0 Å². The number of hydrogen-bond donors (Lipinski definition) is 1. The molecule has 0 spiro atoms. The minimum Gasteiger partial charge on any atom is -0.389 e. The second-order valence-corrected chi connectivity index (χ2v) is 5.46. The van der Waals surface area contributed by atoms with Gasteiger partial charge in [0.2, 0.25) is 0 Å². The van der Waals surface area contributed by atoms with Crippen molar-refractivity contribution in [1.29, 1.82) is 0 Å². The Morgan fingerprint density at radius 3 is 2.58 bits per heavy atom. The lowest BCUT2D eigenvalue weighted by Crippen LogP contribution is -2.36. The first-order valence-corrected chi connectivity index (χ1v) is 7.47. The Bertz CT molecular complexity index is 679. The first-order valence-electron chi connectivity index (χ1n) is 7.47. The van der Waals surface area contributed by atoms with Crippen LogP contribution in [0, 0.1) is 11.6 Å². The summed E-state index contributed by atoms with van der Waals surface area (Å²) in [6.07, 6.45) is -0.911. The van der Waals surface area contributed by atoms with Gasteiger partial charge in [-0.2, -0.15) is 0 Å². The first-order chi connectivity index (χ1) is 11.5. The molecule has 6 heteroatoms. The Balaban J connectivity index is 1.82. The largest absolute Gasteiger partial charge is 0.389 e. The molecule has 0 bridgehead atoms. The van der Waals surface area contributed by atoms with Crippen LogP contribution in [0.25, 0.3) is 0 Å². The van der Waals surface area contributed by atoms with Gasteiger partial charge in [0.25, 0.3) is 5.91 Å². The van der Waals surface area contributed by atoms with Crippen molar-refractivity contribution in [2.45, 2.75) is 12.7 Å². The van der Waals surface area contributed by atoms with Crippen molar-refractivity contribution in [2.75, 3.05) is 20.2 Å². The zero-order valence-electron chi connectivity index (χ0n) is 13.3. The maximum Gasteiger partial charge on any atom is 0.256 e. The number of benzene rings is 2. The summed E-state index contributed by atoms with van der Waals surface area (Å²) in [4.78, 5) is 13.3. The molecule has 4 nitrogen and oxygen atoms in total. The number of amides is 1. The third-order valence-corrected chi connectivity index (χ3v) is 3.41. The number of hydrogen-bond acceptors (Lipinski definition) is 3. The SMILES string of the molecule is CN(CC(O)COCc1ccccc1)C(=O)c1ccc(F)cc1F. The van der Waals surface area contributed by atoms with Crippen molar-refractivity contribution >= 4 is 5.91 Å². The molecule has 0 aliphatic heterocycles. The lowest BCUT2D eigenvalue weighted by Gasteiger charge is -2.21. The second-order valence-electron chi connectivity index (χ2n) is 5.46. The van der Waals surface area contributed by atoms with Crippen LogP contribution in [0.1, 0.15) is 15.9 Å². The van der Waals surface area contributed by atoms with Gasteiger partial charge in [0.1, 0.15) is 11.6 Å². The summed E-state index contributed by atoms with van der Waals surface area (Å²) in [6, 6.07) is 12.2. The van der Waals surface area contributed by atoms with Crippen LogP contribution in [-0.2, 0) is 11.3 Å². The topological polar surface area (TPSA) is 49.8 Å². The summed E-state index contributed by atoms with van der Waals surface area (Å²) in [5.41, 5.74) is 0.735. The van der Waals surface area contributed by atoms with E-state index in [1.165, 1.54) is 11.9 Å². The Morgan fingerprint density at radius 1 is 1.21 bits per heavy atom.